The fraction of sp³-hybridized carbons (Fsp3) is 0.846. The number of hydrogen-bond donors (Lipinski definition) is 1. The molecule has 2 atom stereocenters. The molecule has 0 unspecified atom stereocenters. The number of nitrogens with one attached hydrogen (secondary N) is 1. The highest BCUT2D eigenvalue weighted by molar-refractivity contribution is 5.97. The first-order valence-corrected chi connectivity index (χ1v) is 7.03. The molecule has 5 nitrogen and oxygen atoms in total. The number of hydrogen-bond acceptors (Lipinski definition) is 4. The Morgan fingerprint density at radius 2 is 2.22 bits per heavy atom. The van der Waals surface area contributed by atoms with Crippen molar-refractivity contribution >= 4 is 11.8 Å². The van der Waals surface area contributed by atoms with Gasteiger partial charge in [0.25, 0.3) is 0 Å². The van der Waals surface area contributed by atoms with Gasteiger partial charge >= 0.3 is 0 Å². The topological polar surface area (TPSA) is 52.7 Å². The minimum atomic E-state index is -0.00357. The van der Waals surface area contributed by atoms with E-state index in [4.69, 9.17) is 0 Å². The number of likely N-dealkylation sites (tertiary alicyclic amines) is 2. The molecule has 3 heterocycles. The SMILES string of the molecule is O=C1CCCN1C(=O)CN1C[C@@H]2CCCN[C@@H]2C1. The Labute approximate surface area is 107 Å². The summed E-state index contributed by atoms with van der Waals surface area (Å²) in [5.41, 5.74) is 0. The summed E-state index contributed by atoms with van der Waals surface area (Å²) in [7, 11) is 0. The zero-order valence-electron chi connectivity index (χ0n) is 10.7. The van der Waals surface area contributed by atoms with Crippen molar-refractivity contribution < 1.29 is 9.59 Å². The molecule has 5 heteroatoms. The van der Waals surface area contributed by atoms with Crippen LogP contribution in [-0.4, -0.2) is 60.4 Å². The summed E-state index contributed by atoms with van der Waals surface area (Å²) < 4.78 is 0. The highest BCUT2D eigenvalue weighted by Crippen LogP contribution is 2.24. The summed E-state index contributed by atoms with van der Waals surface area (Å²) in [5, 5.41) is 3.53. The maximum absolute atomic E-state index is 12.1. The second-order valence-corrected chi connectivity index (χ2v) is 5.70. The van der Waals surface area contributed by atoms with Gasteiger partial charge in [0.15, 0.2) is 0 Å². The Hall–Kier alpha value is -0.940. The first-order chi connectivity index (χ1) is 8.74. The third-order valence-corrected chi connectivity index (χ3v) is 4.41. The largest absolute Gasteiger partial charge is 0.312 e. The van der Waals surface area contributed by atoms with Gasteiger partial charge in [0.2, 0.25) is 11.8 Å². The van der Waals surface area contributed by atoms with E-state index in [2.05, 4.69) is 10.2 Å². The predicted molar refractivity (Wildman–Crippen MR) is 66.9 cm³/mol. The molecule has 0 aromatic heterocycles. The van der Waals surface area contributed by atoms with E-state index >= 15 is 0 Å². The van der Waals surface area contributed by atoms with Crippen molar-refractivity contribution in [1.82, 2.24) is 15.1 Å². The summed E-state index contributed by atoms with van der Waals surface area (Å²) in [5.74, 6) is 0.701. The molecule has 3 rings (SSSR count). The Kier molecular flexibility index (Phi) is 3.35. The second kappa shape index (κ2) is 4.97. The number of amides is 2. The minimum absolute atomic E-state index is 0.00357. The van der Waals surface area contributed by atoms with Gasteiger partial charge in [0, 0.05) is 32.1 Å². The van der Waals surface area contributed by atoms with Crippen molar-refractivity contribution in [3.63, 3.8) is 0 Å². The van der Waals surface area contributed by atoms with Crippen LogP contribution >= 0.6 is 0 Å². The number of carbonyl (C=O) groups is 2. The molecule has 3 fully saturated rings. The van der Waals surface area contributed by atoms with Gasteiger partial charge in [-0.3, -0.25) is 19.4 Å². The smallest absolute Gasteiger partial charge is 0.243 e. The average molecular weight is 251 g/mol. The van der Waals surface area contributed by atoms with E-state index in [1.165, 1.54) is 17.7 Å². The van der Waals surface area contributed by atoms with Gasteiger partial charge in [-0.1, -0.05) is 0 Å². The second-order valence-electron chi connectivity index (χ2n) is 5.70. The Balaban J connectivity index is 1.54. The van der Waals surface area contributed by atoms with E-state index in [1.807, 2.05) is 0 Å². The first kappa shape index (κ1) is 12.1. The molecule has 3 saturated heterocycles. The Morgan fingerprint density at radius 3 is 2.94 bits per heavy atom. The Bertz CT molecular complexity index is 344. The fourth-order valence-electron chi connectivity index (χ4n) is 3.45. The monoisotopic (exact) mass is 251 g/mol. The molecule has 0 spiro atoms. The van der Waals surface area contributed by atoms with E-state index in [-0.39, 0.29) is 11.8 Å². The molecule has 0 aliphatic carbocycles. The molecule has 18 heavy (non-hydrogen) atoms. The zero-order valence-corrected chi connectivity index (χ0v) is 10.7. The van der Waals surface area contributed by atoms with E-state index in [1.54, 1.807) is 0 Å². The number of fused-ring (bicyclic) bond motifs is 1. The normalized spacial score (nSPS) is 32.9. The maximum atomic E-state index is 12.1. The van der Waals surface area contributed by atoms with Crippen molar-refractivity contribution in [2.24, 2.45) is 5.92 Å². The van der Waals surface area contributed by atoms with Crippen molar-refractivity contribution in [3.8, 4) is 0 Å². The van der Waals surface area contributed by atoms with E-state index in [9.17, 15) is 9.59 Å². The van der Waals surface area contributed by atoms with Gasteiger partial charge < -0.3 is 5.32 Å². The van der Waals surface area contributed by atoms with Crippen LogP contribution in [0.25, 0.3) is 0 Å². The molecule has 0 aromatic carbocycles. The molecule has 3 aliphatic rings. The maximum Gasteiger partial charge on any atom is 0.243 e. The summed E-state index contributed by atoms with van der Waals surface area (Å²) in [6.07, 6.45) is 3.88. The average Bonchev–Trinajstić information content (AvgIpc) is 2.94. The summed E-state index contributed by atoms with van der Waals surface area (Å²) in [6, 6.07) is 0.556. The van der Waals surface area contributed by atoms with Crippen LogP contribution in [-0.2, 0) is 9.59 Å². The lowest BCUT2D eigenvalue weighted by molar-refractivity contribution is -0.142. The van der Waals surface area contributed by atoms with Crippen LogP contribution in [0.5, 0.6) is 0 Å². The third-order valence-electron chi connectivity index (χ3n) is 4.41. The Morgan fingerprint density at radius 1 is 1.33 bits per heavy atom. The third kappa shape index (κ3) is 2.29. The van der Waals surface area contributed by atoms with Crippen LogP contribution in [0.2, 0.25) is 0 Å². The van der Waals surface area contributed by atoms with Gasteiger partial charge in [-0.15, -0.1) is 0 Å². The van der Waals surface area contributed by atoms with E-state index in [0.717, 1.165) is 26.1 Å². The van der Waals surface area contributed by atoms with Gasteiger partial charge in [-0.2, -0.15) is 0 Å². The van der Waals surface area contributed by atoms with Crippen LogP contribution in [0, 0.1) is 5.92 Å². The van der Waals surface area contributed by atoms with Crippen LogP contribution in [0.3, 0.4) is 0 Å². The van der Waals surface area contributed by atoms with Crippen LogP contribution in [0.15, 0.2) is 0 Å². The molecule has 100 valence electrons. The van der Waals surface area contributed by atoms with Crippen LogP contribution in [0.1, 0.15) is 25.7 Å². The van der Waals surface area contributed by atoms with Gasteiger partial charge in [0.1, 0.15) is 0 Å². The van der Waals surface area contributed by atoms with Crippen molar-refractivity contribution in [3.05, 3.63) is 0 Å². The lowest BCUT2D eigenvalue weighted by Gasteiger charge is -2.24. The van der Waals surface area contributed by atoms with Gasteiger partial charge in [-0.25, -0.2) is 0 Å². The molecule has 0 saturated carbocycles. The molecule has 0 bridgehead atoms. The van der Waals surface area contributed by atoms with Crippen LogP contribution < -0.4 is 5.32 Å². The van der Waals surface area contributed by atoms with E-state index in [0.29, 0.717) is 31.5 Å². The zero-order chi connectivity index (χ0) is 12.5. The molecule has 0 radical (unpaired) electrons. The molecular formula is C13H21N3O2. The molecule has 0 aromatic rings. The van der Waals surface area contributed by atoms with Crippen molar-refractivity contribution in [1.29, 1.82) is 0 Å². The molecule has 1 N–H and O–H groups in total. The summed E-state index contributed by atoms with van der Waals surface area (Å²) >= 11 is 0. The lowest BCUT2D eigenvalue weighted by Crippen LogP contribution is -2.42. The fourth-order valence-corrected chi connectivity index (χ4v) is 3.45. The number of carbonyl (C=O) groups excluding carboxylic acids is 2. The quantitative estimate of drug-likeness (QED) is 0.740. The molecular weight excluding hydrogens is 230 g/mol. The number of imide groups is 1. The standard InChI is InChI=1S/C13H21N3O2/c17-12-4-2-6-16(12)13(18)9-15-7-10-3-1-5-14-11(10)8-15/h10-11,14H,1-9H2/t10-,11+/m0/s1. The van der Waals surface area contributed by atoms with Gasteiger partial charge in [0.05, 0.1) is 6.54 Å². The molecule has 2 amide bonds. The van der Waals surface area contributed by atoms with E-state index < -0.39 is 0 Å². The molecule has 3 aliphatic heterocycles. The highest BCUT2D eigenvalue weighted by atomic mass is 16.2. The number of rotatable bonds is 2. The highest BCUT2D eigenvalue weighted by Gasteiger charge is 2.36. The van der Waals surface area contributed by atoms with Crippen molar-refractivity contribution in [2.75, 3.05) is 32.7 Å². The minimum Gasteiger partial charge on any atom is -0.312 e. The number of piperidine rings is 1. The van der Waals surface area contributed by atoms with Crippen LogP contribution in [0.4, 0.5) is 0 Å². The summed E-state index contributed by atoms with van der Waals surface area (Å²) in [4.78, 5) is 27.2. The van der Waals surface area contributed by atoms with Gasteiger partial charge in [-0.05, 0) is 31.7 Å². The first-order valence-electron chi connectivity index (χ1n) is 7.03. The number of nitrogens with zero attached hydrogens (tertiary/aromatic N) is 2. The van der Waals surface area contributed by atoms with Crippen molar-refractivity contribution in [2.45, 2.75) is 31.7 Å². The predicted octanol–water partition coefficient (Wildman–Crippen LogP) is -0.181. The lowest BCUT2D eigenvalue weighted by atomic mass is 9.94. The summed E-state index contributed by atoms with van der Waals surface area (Å²) in [6.45, 7) is 4.11.